The Morgan fingerprint density at radius 1 is 0.947 bits per heavy atom. The fourth-order valence-electron chi connectivity index (χ4n) is 3.62. The van der Waals surface area contributed by atoms with E-state index in [0.717, 1.165) is 23.3 Å². The summed E-state index contributed by atoms with van der Waals surface area (Å²) in [4.78, 5) is 48.7. The van der Waals surface area contributed by atoms with Gasteiger partial charge in [0.1, 0.15) is 31.2 Å². The minimum Gasteiger partial charge on any atom is -0.494 e. The predicted octanol–water partition coefficient (Wildman–Crippen LogP) is 3.69. The molecule has 0 aliphatic rings. The lowest BCUT2D eigenvalue weighted by molar-refractivity contribution is -0.130. The van der Waals surface area contributed by atoms with Gasteiger partial charge in [-0.2, -0.15) is 0 Å². The molecule has 9 heteroatoms. The highest BCUT2D eigenvalue weighted by molar-refractivity contribution is 5.90. The van der Waals surface area contributed by atoms with Crippen molar-refractivity contribution in [2.45, 2.75) is 65.1 Å². The molecule has 0 saturated carbocycles. The summed E-state index contributed by atoms with van der Waals surface area (Å²) in [6.45, 7) is 6.12. The van der Waals surface area contributed by atoms with E-state index in [2.05, 4.69) is 16.0 Å². The Hall–Kier alpha value is -3.88. The van der Waals surface area contributed by atoms with E-state index in [0.29, 0.717) is 32.2 Å². The Morgan fingerprint density at radius 3 is 2.32 bits per heavy atom. The van der Waals surface area contributed by atoms with Crippen LogP contribution in [0.3, 0.4) is 0 Å². The van der Waals surface area contributed by atoms with Gasteiger partial charge in [0.05, 0.1) is 12.6 Å². The van der Waals surface area contributed by atoms with Crippen molar-refractivity contribution in [3.63, 3.8) is 0 Å². The van der Waals surface area contributed by atoms with E-state index in [1.54, 1.807) is 0 Å². The first-order valence-corrected chi connectivity index (χ1v) is 13.0. The van der Waals surface area contributed by atoms with Gasteiger partial charge in [-0.3, -0.25) is 9.59 Å². The van der Waals surface area contributed by atoms with Gasteiger partial charge >= 0.3 is 6.09 Å². The zero-order chi connectivity index (χ0) is 27.8. The molecule has 0 radical (unpaired) electrons. The van der Waals surface area contributed by atoms with Crippen molar-refractivity contribution in [1.82, 2.24) is 16.0 Å². The fraction of sp³-hybridized carbons (Fsp3) is 0.448. The van der Waals surface area contributed by atoms with Gasteiger partial charge in [0.2, 0.25) is 11.8 Å². The van der Waals surface area contributed by atoms with Crippen LogP contribution in [-0.4, -0.2) is 49.4 Å². The van der Waals surface area contributed by atoms with Crippen molar-refractivity contribution in [1.29, 1.82) is 0 Å². The molecule has 38 heavy (non-hydrogen) atoms. The van der Waals surface area contributed by atoms with Crippen molar-refractivity contribution in [3.8, 4) is 5.75 Å². The van der Waals surface area contributed by atoms with E-state index in [1.165, 1.54) is 0 Å². The number of carbonyl (C=O) groups is 4. The summed E-state index contributed by atoms with van der Waals surface area (Å²) < 4.78 is 10.8. The molecule has 2 rings (SSSR count). The molecular weight excluding hydrogens is 486 g/mol. The molecule has 0 fully saturated rings. The Morgan fingerprint density at radius 2 is 1.66 bits per heavy atom. The topological polar surface area (TPSA) is 123 Å². The zero-order valence-electron chi connectivity index (χ0n) is 22.4. The Balaban J connectivity index is 1.73. The van der Waals surface area contributed by atoms with E-state index < -0.39 is 30.0 Å². The van der Waals surface area contributed by atoms with Gasteiger partial charge in [0, 0.05) is 0 Å². The number of aldehydes is 1. The van der Waals surface area contributed by atoms with Gasteiger partial charge in [0.25, 0.3) is 0 Å². The number of unbranched alkanes of at least 4 members (excludes halogenated alkanes) is 1. The molecule has 2 aromatic carbocycles. The Kier molecular flexibility index (Phi) is 13.4. The second-order valence-corrected chi connectivity index (χ2v) is 9.57. The van der Waals surface area contributed by atoms with Gasteiger partial charge in [-0.05, 0) is 56.2 Å². The number of alkyl carbamates (subject to hydrolysis) is 1. The third kappa shape index (κ3) is 12.4. The van der Waals surface area contributed by atoms with Crippen LogP contribution in [0.15, 0.2) is 54.6 Å². The molecule has 206 valence electrons. The molecule has 0 spiro atoms. The highest BCUT2D eigenvalue weighted by atomic mass is 16.5. The number of nitrogens with one attached hydrogen (secondary N) is 3. The summed E-state index contributed by atoms with van der Waals surface area (Å²) in [7, 11) is 0. The molecule has 0 aliphatic carbocycles. The number of benzene rings is 2. The number of aryl methyl sites for hydroxylation is 1. The molecule has 0 unspecified atom stereocenters. The summed E-state index contributed by atoms with van der Waals surface area (Å²) in [5.74, 6) is -0.0596. The smallest absolute Gasteiger partial charge is 0.407 e. The van der Waals surface area contributed by atoms with Crippen molar-refractivity contribution < 1.29 is 28.7 Å². The normalized spacial score (nSPS) is 12.2. The van der Waals surface area contributed by atoms with Gasteiger partial charge in [0.15, 0.2) is 0 Å². The van der Waals surface area contributed by atoms with E-state index in [1.807, 2.05) is 75.4 Å². The molecule has 0 heterocycles. The average molecular weight is 526 g/mol. The second-order valence-electron chi connectivity index (χ2n) is 9.57. The average Bonchev–Trinajstić information content (AvgIpc) is 2.90. The summed E-state index contributed by atoms with van der Waals surface area (Å²) in [5.41, 5.74) is 1.98. The fourth-order valence-corrected chi connectivity index (χ4v) is 3.62. The van der Waals surface area contributed by atoms with E-state index in [-0.39, 0.29) is 19.1 Å². The van der Waals surface area contributed by atoms with Crippen LogP contribution in [0.25, 0.3) is 0 Å². The summed E-state index contributed by atoms with van der Waals surface area (Å²) in [6, 6.07) is 15.4. The van der Waals surface area contributed by atoms with E-state index in [4.69, 9.17) is 9.47 Å². The molecule has 3 amide bonds. The van der Waals surface area contributed by atoms with Crippen LogP contribution in [-0.2, 0) is 25.7 Å². The maximum Gasteiger partial charge on any atom is 0.407 e. The maximum absolute atomic E-state index is 12.9. The zero-order valence-corrected chi connectivity index (χ0v) is 22.4. The second kappa shape index (κ2) is 16.8. The van der Waals surface area contributed by atoms with Crippen molar-refractivity contribution >= 4 is 24.2 Å². The molecule has 2 aromatic rings. The third-order valence-corrected chi connectivity index (χ3v) is 5.66. The van der Waals surface area contributed by atoms with Crippen LogP contribution < -0.4 is 20.7 Å². The minimum absolute atomic E-state index is 0.0812. The maximum atomic E-state index is 12.9. The lowest BCUT2D eigenvalue weighted by atomic mass is 10.0. The molecule has 0 aliphatic heterocycles. The number of hydrogen-bond acceptors (Lipinski definition) is 6. The SMILES string of the molecule is Cc1ccc(OCCCC[C@@H](C=O)NC(=O)[C@H](CC(C)C)NC(=O)CNC(=O)OCc2ccccc2)cc1. The van der Waals surface area contributed by atoms with Crippen molar-refractivity contribution in [2.75, 3.05) is 13.2 Å². The van der Waals surface area contributed by atoms with Crippen LogP contribution in [0.1, 0.15) is 50.7 Å². The first-order valence-electron chi connectivity index (χ1n) is 13.0. The highest BCUT2D eigenvalue weighted by Gasteiger charge is 2.24. The molecule has 2 atom stereocenters. The number of carbonyl (C=O) groups excluding carboxylic acids is 4. The highest BCUT2D eigenvalue weighted by Crippen LogP contribution is 2.12. The number of ether oxygens (including phenoxy) is 2. The molecule has 3 N–H and O–H groups in total. The first kappa shape index (κ1) is 30.3. The summed E-state index contributed by atoms with van der Waals surface area (Å²) in [5, 5.41) is 7.75. The number of rotatable bonds is 16. The lowest BCUT2D eigenvalue weighted by Crippen LogP contribution is -2.52. The molecule has 0 bridgehead atoms. The van der Waals surface area contributed by atoms with Crippen LogP contribution in [0.4, 0.5) is 4.79 Å². The van der Waals surface area contributed by atoms with Gasteiger partial charge in [-0.15, -0.1) is 0 Å². The molecular formula is C29H39N3O6. The predicted molar refractivity (Wildman–Crippen MR) is 145 cm³/mol. The van der Waals surface area contributed by atoms with Crippen molar-refractivity contribution in [2.24, 2.45) is 5.92 Å². The quantitative estimate of drug-likeness (QED) is 0.227. The van der Waals surface area contributed by atoms with Gasteiger partial charge < -0.3 is 30.2 Å². The number of hydrogen-bond donors (Lipinski definition) is 3. The van der Waals surface area contributed by atoms with Crippen LogP contribution in [0.2, 0.25) is 0 Å². The molecule has 0 aromatic heterocycles. The first-order chi connectivity index (χ1) is 18.3. The van der Waals surface area contributed by atoms with E-state index >= 15 is 0 Å². The van der Waals surface area contributed by atoms with Gasteiger partial charge in [-0.1, -0.05) is 61.9 Å². The summed E-state index contributed by atoms with van der Waals surface area (Å²) >= 11 is 0. The Labute approximate surface area is 224 Å². The van der Waals surface area contributed by atoms with Crippen LogP contribution in [0, 0.1) is 12.8 Å². The largest absolute Gasteiger partial charge is 0.494 e. The molecule has 0 saturated heterocycles. The molecule has 9 nitrogen and oxygen atoms in total. The monoisotopic (exact) mass is 525 g/mol. The third-order valence-electron chi connectivity index (χ3n) is 5.66. The standard InChI is InChI=1S/C29H39N3O6/c1-21(2)17-26(32-27(34)18-30-29(36)38-20-23-9-5-4-6-10-23)28(35)31-24(19-33)11-7-8-16-37-25-14-12-22(3)13-15-25/h4-6,9-10,12-15,19,21,24,26H,7-8,11,16-18,20H2,1-3H3,(H,30,36)(H,31,35)(H,32,34)/t24-,26-/m0/s1. The van der Waals surface area contributed by atoms with Gasteiger partial charge in [-0.25, -0.2) is 4.79 Å². The van der Waals surface area contributed by atoms with Crippen LogP contribution in [0.5, 0.6) is 5.75 Å². The lowest BCUT2D eigenvalue weighted by Gasteiger charge is -2.22. The van der Waals surface area contributed by atoms with Crippen LogP contribution >= 0.6 is 0 Å². The summed E-state index contributed by atoms with van der Waals surface area (Å²) in [6.07, 6.45) is 2.23. The van der Waals surface area contributed by atoms with Crippen molar-refractivity contribution in [3.05, 3.63) is 65.7 Å². The Bertz CT molecular complexity index is 1010. The number of amides is 3. The van der Waals surface area contributed by atoms with E-state index in [9.17, 15) is 19.2 Å². The minimum atomic E-state index is -0.836.